The SMILES string of the molecule is O=C(CN1C[C@@H](O)[C@H](Oc2ccc(C(=O)O)cc2)C1)Nc1ccc(Br)cc1. The molecule has 0 spiro atoms. The molecule has 8 heteroatoms. The summed E-state index contributed by atoms with van der Waals surface area (Å²) in [6.45, 7) is 0.867. The molecule has 1 fully saturated rings. The molecule has 3 N–H and O–H groups in total. The number of rotatable bonds is 6. The van der Waals surface area contributed by atoms with Gasteiger partial charge in [0.15, 0.2) is 0 Å². The highest BCUT2D eigenvalue weighted by Crippen LogP contribution is 2.20. The molecule has 0 aromatic heterocycles. The molecule has 0 bridgehead atoms. The largest absolute Gasteiger partial charge is 0.486 e. The maximum absolute atomic E-state index is 12.2. The molecule has 1 amide bonds. The number of nitrogens with one attached hydrogen (secondary N) is 1. The summed E-state index contributed by atoms with van der Waals surface area (Å²) >= 11 is 3.34. The van der Waals surface area contributed by atoms with Crippen molar-refractivity contribution < 1.29 is 24.5 Å². The minimum Gasteiger partial charge on any atom is -0.486 e. The van der Waals surface area contributed by atoms with Gasteiger partial charge in [-0.05, 0) is 48.5 Å². The first-order chi connectivity index (χ1) is 12.9. The van der Waals surface area contributed by atoms with Gasteiger partial charge in [-0.3, -0.25) is 9.69 Å². The van der Waals surface area contributed by atoms with Gasteiger partial charge in [-0.15, -0.1) is 0 Å². The number of carbonyl (C=O) groups excluding carboxylic acids is 1. The number of benzene rings is 2. The maximum atomic E-state index is 12.2. The van der Waals surface area contributed by atoms with Crippen molar-refractivity contribution in [3.05, 3.63) is 58.6 Å². The predicted octanol–water partition coefficient (Wildman–Crippen LogP) is 2.21. The second kappa shape index (κ2) is 8.51. The van der Waals surface area contributed by atoms with Gasteiger partial charge in [-0.25, -0.2) is 4.79 Å². The third kappa shape index (κ3) is 5.29. The number of nitrogens with zero attached hydrogens (tertiary/aromatic N) is 1. The molecule has 1 aliphatic heterocycles. The number of carboxylic acid groups (broad SMARTS) is 1. The minimum absolute atomic E-state index is 0.144. The van der Waals surface area contributed by atoms with E-state index in [4.69, 9.17) is 9.84 Å². The van der Waals surface area contributed by atoms with E-state index < -0.39 is 18.2 Å². The first kappa shape index (κ1) is 19.3. The molecule has 27 heavy (non-hydrogen) atoms. The average Bonchev–Trinajstić information content (AvgIpc) is 2.96. The lowest BCUT2D eigenvalue weighted by molar-refractivity contribution is -0.117. The second-order valence-electron chi connectivity index (χ2n) is 6.30. The maximum Gasteiger partial charge on any atom is 0.335 e. The molecule has 1 heterocycles. The van der Waals surface area contributed by atoms with Gasteiger partial charge in [0.25, 0.3) is 0 Å². The Hall–Kier alpha value is -2.42. The number of carboxylic acids is 1. The predicted molar refractivity (Wildman–Crippen MR) is 103 cm³/mol. The van der Waals surface area contributed by atoms with E-state index in [0.29, 0.717) is 24.5 Å². The molecule has 2 atom stereocenters. The van der Waals surface area contributed by atoms with Crippen LogP contribution in [0.25, 0.3) is 0 Å². The summed E-state index contributed by atoms with van der Waals surface area (Å²) in [6, 6.07) is 13.3. The molecule has 0 aliphatic carbocycles. The number of carbonyl (C=O) groups is 2. The summed E-state index contributed by atoms with van der Waals surface area (Å²) in [6.07, 6.45) is -1.22. The van der Waals surface area contributed by atoms with Crippen molar-refractivity contribution in [2.75, 3.05) is 25.0 Å². The zero-order valence-electron chi connectivity index (χ0n) is 14.3. The number of anilines is 1. The molecule has 0 saturated carbocycles. The summed E-state index contributed by atoms with van der Waals surface area (Å²) in [4.78, 5) is 24.9. The number of hydrogen-bond donors (Lipinski definition) is 3. The van der Waals surface area contributed by atoms with Crippen LogP contribution in [0.1, 0.15) is 10.4 Å². The number of amides is 1. The molecule has 1 saturated heterocycles. The highest BCUT2D eigenvalue weighted by atomic mass is 79.9. The molecule has 142 valence electrons. The van der Waals surface area contributed by atoms with Gasteiger partial charge in [0.05, 0.1) is 12.1 Å². The van der Waals surface area contributed by atoms with Crippen molar-refractivity contribution in [1.29, 1.82) is 0 Å². The van der Waals surface area contributed by atoms with E-state index in [1.165, 1.54) is 12.1 Å². The van der Waals surface area contributed by atoms with Gasteiger partial charge in [0.1, 0.15) is 18.0 Å². The van der Waals surface area contributed by atoms with Crippen LogP contribution in [-0.2, 0) is 4.79 Å². The Kier molecular flexibility index (Phi) is 6.10. The Morgan fingerprint density at radius 2 is 1.78 bits per heavy atom. The molecule has 3 rings (SSSR count). The van der Waals surface area contributed by atoms with Crippen molar-refractivity contribution in [2.24, 2.45) is 0 Å². The van der Waals surface area contributed by atoms with Crippen LogP contribution in [0, 0.1) is 0 Å². The number of β-amino-alcohol motifs (C(OH)–C–C–N with tert-alkyl or cyclic N) is 1. The van der Waals surface area contributed by atoms with E-state index >= 15 is 0 Å². The van der Waals surface area contributed by atoms with E-state index in [2.05, 4.69) is 21.2 Å². The molecule has 0 radical (unpaired) electrons. The number of ether oxygens (including phenoxy) is 1. The normalized spacial score (nSPS) is 19.6. The van der Waals surface area contributed by atoms with Crippen LogP contribution in [0.15, 0.2) is 53.0 Å². The van der Waals surface area contributed by atoms with Crippen LogP contribution >= 0.6 is 15.9 Å². The highest BCUT2D eigenvalue weighted by Gasteiger charge is 2.33. The summed E-state index contributed by atoms with van der Waals surface area (Å²) in [7, 11) is 0. The molecular formula is C19H19BrN2O5. The van der Waals surface area contributed by atoms with Crippen molar-refractivity contribution in [3.63, 3.8) is 0 Å². The summed E-state index contributed by atoms with van der Waals surface area (Å²) < 4.78 is 6.67. The lowest BCUT2D eigenvalue weighted by Crippen LogP contribution is -2.33. The topological polar surface area (TPSA) is 99.1 Å². The van der Waals surface area contributed by atoms with Gasteiger partial charge >= 0.3 is 5.97 Å². The second-order valence-corrected chi connectivity index (χ2v) is 7.22. The number of hydrogen-bond acceptors (Lipinski definition) is 5. The van der Waals surface area contributed by atoms with Gasteiger partial charge in [0, 0.05) is 23.2 Å². The van der Waals surface area contributed by atoms with Crippen LogP contribution in [-0.4, -0.2) is 58.8 Å². The van der Waals surface area contributed by atoms with E-state index in [0.717, 1.165) is 4.47 Å². The van der Waals surface area contributed by atoms with Crippen molar-refractivity contribution in [2.45, 2.75) is 12.2 Å². The zero-order valence-corrected chi connectivity index (χ0v) is 15.9. The van der Waals surface area contributed by atoms with Crippen LogP contribution < -0.4 is 10.1 Å². The summed E-state index contributed by atoms with van der Waals surface area (Å²) in [5.74, 6) is -0.702. The average molecular weight is 435 g/mol. The van der Waals surface area contributed by atoms with E-state index in [1.807, 2.05) is 17.0 Å². The monoisotopic (exact) mass is 434 g/mol. The van der Waals surface area contributed by atoms with Crippen LogP contribution in [0.3, 0.4) is 0 Å². The van der Waals surface area contributed by atoms with Crippen LogP contribution in [0.4, 0.5) is 5.69 Å². The van der Waals surface area contributed by atoms with Gasteiger partial charge < -0.3 is 20.3 Å². The third-order valence-electron chi connectivity index (χ3n) is 4.20. The van der Waals surface area contributed by atoms with E-state index in [1.54, 1.807) is 24.3 Å². The Bertz CT molecular complexity index is 810. The zero-order chi connectivity index (χ0) is 19.4. The number of likely N-dealkylation sites (tertiary alicyclic amines) is 1. The van der Waals surface area contributed by atoms with E-state index in [-0.39, 0.29) is 18.0 Å². The summed E-state index contributed by atoms with van der Waals surface area (Å²) in [5, 5.41) is 21.9. The molecule has 7 nitrogen and oxygen atoms in total. The number of halogens is 1. The molecule has 2 aromatic carbocycles. The Morgan fingerprint density at radius 3 is 2.41 bits per heavy atom. The Balaban J connectivity index is 1.52. The summed E-state index contributed by atoms with van der Waals surface area (Å²) in [5.41, 5.74) is 0.870. The number of aromatic carboxylic acids is 1. The quantitative estimate of drug-likeness (QED) is 0.644. The standard InChI is InChI=1S/C19H19BrN2O5/c20-13-3-5-14(6-4-13)21-18(24)11-22-9-16(23)17(10-22)27-15-7-1-12(2-8-15)19(25)26/h1-8,16-17,23H,9-11H2,(H,21,24)(H,25,26)/t16-,17-/m1/s1. The minimum atomic E-state index is -1.01. The number of aliphatic hydroxyl groups excluding tert-OH is 1. The Morgan fingerprint density at radius 1 is 1.11 bits per heavy atom. The van der Waals surface area contributed by atoms with Crippen molar-refractivity contribution in [3.8, 4) is 5.75 Å². The fourth-order valence-corrected chi connectivity index (χ4v) is 3.13. The third-order valence-corrected chi connectivity index (χ3v) is 4.73. The molecule has 2 aromatic rings. The first-order valence-electron chi connectivity index (χ1n) is 8.36. The van der Waals surface area contributed by atoms with Crippen molar-refractivity contribution in [1.82, 2.24) is 4.90 Å². The fourth-order valence-electron chi connectivity index (χ4n) is 2.87. The van der Waals surface area contributed by atoms with Gasteiger partial charge in [0.2, 0.25) is 5.91 Å². The van der Waals surface area contributed by atoms with Gasteiger partial charge in [-0.1, -0.05) is 15.9 Å². The lowest BCUT2D eigenvalue weighted by Gasteiger charge is -2.17. The van der Waals surface area contributed by atoms with Gasteiger partial charge in [-0.2, -0.15) is 0 Å². The van der Waals surface area contributed by atoms with E-state index in [9.17, 15) is 14.7 Å². The number of aliphatic hydroxyl groups is 1. The van der Waals surface area contributed by atoms with Crippen LogP contribution in [0.5, 0.6) is 5.75 Å². The lowest BCUT2D eigenvalue weighted by atomic mass is 10.2. The molecule has 1 aliphatic rings. The molecule has 0 unspecified atom stereocenters. The Labute approximate surface area is 164 Å². The van der Waals surface area contributed by atoms with Crippen molar-refractivity contribution >= 4 is 33.5 Å². The highest BCUT2D eigenvalue weighted by molar-refractivity contribution is 9.10. The first-order valence-corrected chi connectivity index (χ1v) is 9.16. The van der Waals surface area contributed by atoms with Crippen LogP contribution in [0.2, 0.25) is 0 Å². The smallest absolute Gasteiger partial charge is 0.335 e. The fraction of sp³-hybridized carbons (Fsp3) is 0.263. The molecular weight excluding hydrogens is 416 g/mol.